The van der Waals surface area contributed by atoms with Crippen molar-refractivity contribution in [2.45, 2.75) is 56.9 Å². The lowest BCUT2D eigenvalue weighted by Gasteiger charge is -2.21. The maximum absolute atomic E-state index is 13.0. The minimum Gasteiger partial charge on any atom is -0.481 e. The quantitative estimate of drug-likeness (QED) is 0.351. The number of hydrogen-bond acceptors (Lipinski definition) is 5. The van der Waals surface area contributed by atoms with Gasteiger partial charge in [-0.15, -0.1) is 0 Å². The van der Waals surface area contributed by atoms with Crippen LogP contribution >= 0.6 is 0 Å². The highest BCUT2D eigenvalue weighted by Crippen LogP contribution is 2.26. The highest BCUT2D eigenvalue weighted by atomic mass is 16.4. The van der Waals surface area contributed by atoms with E-state index in [1.807, 2.05) is 30.3 Å². The van der Waals surface area contributed by atoms with E-state index in [0.29, 0.717) is 12.8 Å². The van der Waals surface area contributed by atoms with Crippen LogP contribution in [0, 0.1) is 5.92 Å². The smallest absolute Gasteiger partial charge is 0.303 e. The number of anilines is 1. The highest BCUT2D eigenvalue weighted by molar-refractivity contribution is 5.85. The molecule has 0 bridgehead atoms. The van der Waals surface area contributed by atoms with Crippen LogP contribution in [0.1, 0.15) is 54.7 Å². The van der Waals surface area contributed by atoms with Crippen molar-refractivity contribution in [3.05, 3.63) is 65.2 Å². The number of rotatable bonds is 11. The molecule has 3 atom stereocenters. The van der Waals surface area contributed by atoms with Crippen LogP contribution in [-0.2, 0) is 32.0 Å². The van der Waals surface area contributed by atoms with Crippen molar-refractivity contribution in [1.29, 1.82) is 0 Å². The summed E-state index contributed by atoms with van der Waals surface area (Å²) >= 11 is 0. The fourth-order valence-electron chi connectivity index (χ4n) is 5.60. The molecule has 0 aliphatic carbocycles. The molecule has 2 aromatic carbocycles. The minimum atomic E-state index is -0.982. The van der Waals surface area contributed by atoms with Crippen LogP contribution in [-0.4, -0.2) is 66.4 Å². The van der Waals surface area contributed by atoms with Crippen molar-refractivity contribution in [2.75, 3.05) is 32.0 Å². The Labute approximate surface area is 229 Å². The summed E-state index contributed by atoms with van der Waals surface area (Å²) in [6.45, 7) is 1.48. The summed E-state index contributed by atoms with van der Waals surface area (Å²) in [7, 11) is 1.54. The summed E-state index contributed by atoms with van der Waals surface area (Å²) in [6.07, 6.45) is 3.89. The van der Waals surface area contributed by atoms with Crippen molar-refractivity contribution in [2.24, 2.45) is 5.92 Å². The van der Waals surface area contributed by atoms with Crippen LogP contribution in [0.4, 0.5) is 5.69 Å². The maximum Gasteiger partial charge on any atom is 0.303 e. The summed E-state index contributed by atoms with van der Waals surface area (Å²) in [6, 6.07) is 15.0. The predicted molar refractivity (Wildman–Crippen MR) is 148 cm³/mol. The van der Waals surface area contributed by atoms with E-state index in [4.69, 9.17) is 0 Å². The second-order valence-corrected chi connectivity index (χ2v) is 10.5. The number of benzene rings is 2. The number of aliphatic carboxylic acids is 1. The number of amides is 3. The lowest BCUT2D eigenvalue weighted by Crippen LogP contribution is -2.46. The molecule has 1 unspecified atom stereocenters. The van der Waals surface area contributed by atoms with E-state index in [9.17, 15) is 24.3 Å². The van der Waals surface area contributed by atoms with Crippen LogP contribution in [0.15, 0.2) is 48.5 Å². The Bertz CT molecular complexity index is 1190. The van der Waals surface area contributed by atoms with Gasteiger partial charge in [-0.1, -0.05) is 42.5 Å². The Morgan fingerprint density at radius 2 is 1.87 bits per heavy atom. The summed E-state index contributed by atoms with van der Waals surface area (Å²) < 4.78 is 0. The molecule has 1 saturated heterocycles. The third-order valence-electron chi connectivity index (χ3n) is 7.69. The zero-order valence-corrected chi connectivity index (χ0v) is 22.4. The molecule has 39 heavy (non-hydrogen) atoms. The Morgan fingerprint density at radius 3 is 2.62 bits per heavy atom. The van der Waals surface area contributed by atoms with Gasteiger partial charge >= 0.3 is 5.97 Å². The first-order valence-corrected chi connectivity index (χ1v) is 13.7. The molecule has 2 heterocycles. The third-order valence-corrected chi connectivity index (χ3v) is 7.69. The highest BCUT2D eigenvalue weighted by Gasteiger charge is 2.40. The van der Waals surface area contributed by atoms with Gasteiger partial charge in [0.1, 0.15) is 0 Å². The number of carboxylic acids is 1. The van der Waals surface area contributed by atoms with Crippen molar-refractivity contribution < 1.29 is 24.3 Å². The van der Waals surface area contributed by atoms with Crippen LogP contribution < -0.4 is 16.0 Å². The summed E-state index contributed by atoms with van der Waals surface area (Å²) in [4.78, 5) is 51.7. The van der Waals surface area contributed by atoms with Crippen molar-refractivity contribution >= 4 is 29.4 Å². The van der Waals surface area contributed by atoms with E-state index in [1.54, 1.807) is 4.90 Å². The van der Waals surface area contributed by atoms with Crippen LogP contribution in [0.5, 0.6) is 0 Å². The molecule has 0 radical (unpaired) electrons. The molecule has 2 aromatic rings. The van der Waals surface area contributed by atoms with Gasteiger partial charge in [0.2, 0.25) is 17.7 Å². The van der Waals surface area contributed by atoms with Crippen LogP contribution in [0.25, 0.3) is 0 Å². The minimum absolute atomic E-state index is 0.0170. The fraction of sp³-hybridized carbons (Fsp3) is 0.467. The normalized spacial score (nSPS) is 18.9. The van der Waals surface area contributed by atoms with E-state index in [0.717, 1.165) is 31.4 Å². The molecule has 2 aliphatic rings. The Balaban J connectivity index is 1.33. The second kappa shape index (κ2) is 13.3. The summed E-state index contributed by atoms with van der Waals surface area (Å²) in [5.41, 5.74) is 4.50. The maximum atomic E-state index is 13.0. The second-order valence-electron chi connectivity index (χ2n) is 10.5. The van der Waals surface area contributed by atoms with E-state index in [2.05, 4.69) is 34.1 Å². The van der Waals surface area contributed by atoms with Crippen LogP contribution in [0.3, 0.4) is 0 Å². The van der Waals surface area contributed by atoms with Gasteiger partial charge < -0.3 is 26.0 Å². The molecule has 2 aliphatic heterocycles. The van der Waals surface area contributed by atoms with Gasteiger partial charge in [0, 0.05) is 51.1 Å². The first-order chi connectivity index (χ1) is 18.8. The van der Waals surface area contributed by atoms with Crippen LogP contribution in [0.2, 0.25) is 0 Å². The molecule has 9 nitrogen and oxygen atoms in total. The number of nitrogens with one attached hydrogen (secondary N) is 3. The SMILES string of the molecule is CNC(=O)[C@@H]1CN(C(=O)CCCc2ccc3c(c2)NCCC3)C[C@H]1NC(=O)CC(CC(=O)O)c1ccccc1. The van der Waals surface area contributed by atoms with Gasteiger partial charge in [0.25, 0.3) is 0 Å². The van der Waals surface area contributed by atoms with E-state index >= 15 is 0 Å². The molecule has 4 N–H and O–H groups in total. The lowest BCUT2D eigenvalue weighted by atomic mass is 9.92. The molecule has 0 aromatic heterocycles. The van der Waals surface area contributed by atoms with E-state index < -0.39 is 23.8 Å². The number of carbonyl (C=O) groups excluding carboxylic acids is 3. The number of fused-ring (bicyclic) bond motifs is 1. The molecular weight excluding hydrogens is 496 g/mol. The van der Waals surface area contributed by atoms with E-state index in [1.165, 1.54) is 23.9 Å². The first kappa shape index (κ1) is 28.1. The molecule has 4 rings (SSSR count). The fourth-order valence-corrected chi connectivity index (χ4v) is 5.60. The molecule has 9 heteroatoms. The molecule has 3 amide bonds. The molecule has 0 saturated carbocycles. The molecular formula is C30H38N4O5. The Morgan fingerprint density at radius 1 is 1.08 bits per heavy atom. The first-order valence-electron chi connectivity index (χ1n) is 13.7. The topological polar surface area (TPSA) is 128 Å². The Hall–Kier alpha value is -3.88. The van der Waals surface area contributed by atoms with Crippen molar-refractivity contribution in [1.82, 2.24) is 15.5 Å². The number of carboxylic acid groups (broad SMARTS) is 1. The zero-order chi connectivity index (χ0) is 27.8. The third kappa shape index (κ3) is 7.59. The summed E-state index contributed by atoms with van der Waals surface area (Å²) in [5, 5.41) is 18.4. The number of aryl methyl sites for hydroxylation is 2. The van der Waals surface area contributed by atoms with Gasteiger partial charge in [-0.25, -0.2) is 0 Å². The zero-order valence-electron chi connectivity index (χ0n) is 22.4. The van der Waals surface area contributed by atoms with Gasteiger partial charge in [-0.3, -0.25) is 19.2 Å². The van der Waals surface area contributed by atoms with Crippen molar-refractivity contribution in [3.8, 4) is 0 Å². The number of hydrogen-bond donors (Lipinski definition) is 4. The van der Waals surface area contributed by atoms with Gasteiger partial charge in [0.15, 0.2) is 0 Å². The van der Waals surface area contributed by atoms with Crippen molar-refractivity contribution in [3.63, 3.8) is 0 Å². The molecule has 1 fully saturated rings. The van der Waals surface area contributed by atoms with Gasteiger partial charge in [-0.05, 0) is 48.4 Å². The molecule has 0 spiro atoms. The lowest BCUT2D eigenvalue weighted by molar-refractivity contribution is -0.137. The Kier molecular flexibility index (Phi) is 9.57. The average Bonchev–Trinajstić information content (AvgIpc) is 3.36. The monoisotopic (exact) mass is 534 g/mol. The largest absolute Gasteiger partial charge is 0.481 e. The molecule has 208 valence electrons. The van der Waals surface area contributed by atoms with Gasteiger partial charge in [0.05, 0.1) is 18.4 Å². The number of likely N-dealkylation sites (tertiary alicyclic amines) is 1. The van der Waals surface area contributed by atoms with E-state index in [-0.39, 0.29) is 43.7 Å². The van der Waals surface area contributed by atoms with Gasteiger partial charge in [-0.2, -0.15) is 0 Å². The summed E-state index contributed by atoms with van der Waals surface area (Å²) in [5.74, 6) is -2.64. The predicted octanol–water partition coefficient (Wildman–Crippen LogP) is 2.71. The standard InChI is InChI=1S/C30H38N4O5/c1-31-30(39)24-18-34(28(36)11-5-7-20-12-13-22-10-6-14-32-25(22)15-20)19-26(24)33-27(35)16-23(17-29(37)38)21-8-3-2-4-9-21/h2-4,8-9,12-13,15,23-24,26,32H,5-7,10-11,14,16-19H2,1H3,(H,31,39)(H,33,35)(H,37,38)/t23?,24-,26-/m1/s1. The average molecular weight is 535 g/mol. The number of nitrogens with zero attached hydrogens (tertiary/aromatic N) is 1. The number of carbonyl (C=O) groups is 4.